The largest absolute Gasteiger partial charge is 0.497 e. The van der Waals surface area contributed by atoms with Gasteiger partial charge >= 0.3 is 0 Å². The second-order valence-corrected chi connectivity index (χ2v) is 8.15. The van der Waals surface area contributed by atoms with E-state index in [-0.39, 0.29) is 5.91 Å². The number of amides is 1. The van der Waals surface area contributed by atoms with Gasteiger partial charge in [0, 0.05) is 49.3 Å². The van der Waals surface area contributed by atoms with Crippen molar-refractivity contribution in [3.05, 3.63) is 66.4 Å². The number of H-pyrrole nitrogens is 1. The summed E-state index contributed by atoms with van der Waals surface area (Å²) in [6, 6.07) is 11.7. The number of ether oxygens (including phenoxy) is 1. The normalized spacial score (nSPS) is 14.7. The fourth-order valence-corrected chi connectivity index (χ4v) is 4.44. The quantitative estimate of drug-likeness (QED) is 0.485. The Balaban J connectivity index is 1.14. The van der Waals surface area contributed by atoms with Gasteiger partial charge in [-0.3, -0.25) is 4.79 Å². The van der Waals surface area contributed by atoms with Crippen LogP contribution < -0.4 is 4.74 Å². The molecule has 1 fully saturated rings. The fraction of sp³-hybridized carbons (Fsp3) is 0.320. The number of aromatic nitrogens is 3. The van der Waals surface area contributed by atoms with Crippen molar-refractivity contribution in [3.63, 3.8) is 0 Å². The first-order valence-electron chi connectivity index (χ1n) is 11.0. The number of pyridine rings is 1. The van der Waals surface area contributed by atoms with Crippen LogP contribution in [0.15, 0.2) is 59.4 Å². The number of aryl methyl sites for hydroxylation is 1. The van der Waals surface area contributed by atoms with E-state index in [9.17, 15) is 4.79 Å². The number of nitrogens with zero attached hydrogens (tertiary/aromatic N) is 3. The SMILES string of the molecule is COc1ccc(-c2cnc(CCC(=O)N3CCC(c4c[nH]c5ncccc45)CC3)o2)cc1. The number of aromatic amines is 1. The number of rotatable bonds is 6. The Bertz CT molecular complexity index is 1200. The van der Waals surface area contributed by atoms with Crippen LogP contribution in [0, 0.1) is 0 Å². The average molecular weight is 431 g/mol. The van der Waals surface area contributed by atoms with E-state index in [0.29, 0.717) is 30.4 Å². The van der Waals surface area contributed by atoms with Gasteiger partial charge in [-0.25, -0.2) is 9.97 Å². The number of nitrogens with one attached hydrogen (secondary N) is 1. The number of methoxy groups -OCH3 is 1. The van der Waals surface area contributed by atoms with Gasteiger partial charge in [0.15, 0.2) is 11.7 Å². The molecule has 0 radical (unpaired) electrons. The topological polar surface area (TPSA) is 84.2 Å². The Hall–Kier alpha value is -3.61. The lowest BCUT2D eigenvalue weighted by Crippen LogP contribution is -2.38. The first kappa shape index (κ1) is 20.3. The third-order valence-electron chi connectivity index (χ3n) is 6.25. The Morgan fingerprint density at radius 3 is 2.78 bits per heavy atom. The molecule has 5 rings (SSSR count). The first-order chi connectivity index (χ1) is 15.7. The lowest BCUT2D eigenvalue weighted by molar-refractivity contribution is -0.132. The van der Waals surface area contributed by atoms with E-state index in [1.807, 2.05) is 35.2 Å². The Morgan fingerprint density at radius 1 is 1.19 bits per heavy atom. The van der Waals surface area contributed by atoms with Crippen LogP contribution in [0.3, 0.4) is 0 Å². The molecule has 7 heteroatoms. The summed E-state index contributed by atoms with van der Waals surface area (Å²) >= 11 is 0. The summed E-state index contributed by atoms with van der Waals surface area (Å²) in [6.07, 6.45) is 8.43. The molecule has 32 heavy (non-hydrogen) atoms. The molecule has 7 nitrogen and oxygen atoms in total. The summed E-state index contributed by atoms with van der Waals surface area (Å²) in [5, 5.41) is 1.19. The molecule has 0 saturated carbocycles. The Kier molecular flexibility index (Phi) is 5.62. The van der Waals surface area contributed by atoms with Crippen LogP contribution in [0.1, 0.15) is 36.6 Å². The molecule has 164 valence electrons. The van der Waals surface area contributed by atoms with E-state index in [2.05, 4.69) is 27.2 Å². The highest BCUT2D eigenvalue weighted by atomic mass is 16.5. The maximum absolute atomic E-state index is 12.8. The van der Waals surface area contributed by atoms with Crippen LogP contribution >= 0.6 is 0 Å². The third kappa shape index (κ3) is 4.10. The summed E-state index contributed by atoms with van der Waals surface area (Å²) in [6.45, 7) is 1.55. The summed E-state index contributed by atoms with van der Waals surface area (Å²) in [7, 11) is 1.64. The zero-order valence-electron chi connectivity index (χ0n) is 18.1. The van der Waals surface area contributed by atoms with Crippen LogP contribution in [-0.2, 0) is 11.2 Å². The van der Waals surface area contributed by atoms with E-state index in [0.717, 1.165) is 42.9 Å². The zero-order chi connectivity index (χ0) is 21.9. The molecule has 1 amide bonds. The van der Waals surface area contributed by atoms with Crippen molar-refractivity contribution < 1.29 is 13.9 Å². The molecule has 0 spiro atoms. The summed E-state index contributed by atoms with van der Waals surface area (Å²) in [4.78, 5) is 26.7. The number of carbonyl (C=O) groups excluding carboxylic acids is 1. The molecule has 1 aromatic carbocycles. The lowest BCUT2D eigenvalue weighted by atomic mass is 9.89. The van der Waals surface area contributed by atoms with Crippen molar-refractivity contribution in [2.75, 3.05) is 20.2 Å². The molecule has 4 aromatic rings. The van der Waals surface area contributed by atoms with Crippen molar-refractivity contribution in [2.45, 2.75) is 31.6 Å². The van der Waals surface area contributed by atoms with E-state index >= 15 is 0 Å². The summed E-state index contributed by atoms with van der Waals surface area (Å²) < 4.78 is 11.0. The predicted octanol–water partition coefficient (Wildman–Crippen LogP) is 4.57. The number of benzene rings is 1. The highest BCUT2D eigenvalue weighted by Gasteiger charge is 2.25. The van der Waals surface area contributed by atoms with Crippen molar-refractivity contribution in [1.82, 2.24) is 19.9 Å². The highest BCUT2D eigenvalue weighted by Crippen LogP contribution is 2.32. The smallest absolute Gasteiger partial charge is 0.223 e. The van der Waals surface area contributed by atoms with E-state index in [1.54, 1.807) is 19.5 Å². The highest BCUT2D eigenvalue weighted by molar-refractivity contribution is 5.80. The van der Waals surface area contributed by atoms with Crippen molar-refractivity contribution in [3.8, 4) is 17.1 Å². The maximum Gasteiger partial charge on any atom is 0.223 e. The molecule has 0 aliphatic carbocycles. The van der Waals surface area contributed by atoms with Crippen molar-refractivity contribution in [1.29, 1.82) is 0 Å². The van der Waals surface area contributed by atoms with Gasteiger partial charge in [-0.05, 0) is 60.7 Å². The minimum Gasteiger partial charge on any atom is -0.497 e. The number of likely N-dealkylation sites (tertiary alicyclic amines) is 1. The maximum atomic E-state index is 12.8. The van der Waals surface area contributed by atoms with Crippen molar-refractivity contribution in [2.24, 2.45) is 0 Å². The van der Waals surface area contributed by atoms with Crippen LogP contribution in [-0.4, -0.2) is 46.0 Å². The van der Waals surface area contributed by atoms with Gasteiger partial charge in [0.05, 0.1) is 13.3 Å². The molecule has 0 bridgehead atoms. The van der Waals surface area contributed by atoms with Crippen LogP contribution in [0.4, 0.5) is 0 Å². The van der Waals surface area contributed by atoms with E-state index in [4.69, 9.17) is 9.15 Å². The third-order valence-corrected chi connectivity index (χ3v) is 6.25. The molecule has 1 aliphatic heterocycles. The first-order valence-corrected chi connectivity index (χ1v) is 11.0. The van der Waals surface area contributed by atoms with Crippen molar-refractivity contribution >= 4 is 16.9 Å². The Labute approximate surface area is 186 Å². The average Bonchev–Trinajstić information content (AvgIpc) is 3.50. The van der Waals surface area contributed by atoms with Gasteiger partial charge in [-0.1, -0.05) is 0 Å². The standard InChI is InChI=1S/C25H26N4O3/c1-31-19-6-4-18(5-7-19)22-16-27-23(32-22)8-9-24(30)29-13-10-17(11-14-29)21-15-28-25-20(21)3-2-12-26-25/h2-7,12,15-17H,8-11,13-14H2,1H3,(H,26,28). The van der Waals surface area contributed by atoms with Crippen LogP contribution in [0.25, 0.3) is 22.4 Å². The molecule has 4 heterocycles. The second kappa shape index (κ2) is 8.86. The van der Waals surface area contributed by atoms with Crippen LogP contribution in [0.5, 0.6) is 5.75 Å². The zero-order valence-corrected chi connectivity index (χ0v) is 18.1. The fourth-order valence-electron chi connectivity index (χ4n) is 4.44. The molecule has 1 N–H and O–H groups in total. The van der Waals surface area contributed by atoms with E-state index < -0.39 is 0 Å². The molecule has 0 atom stereocenters. The van der Waals surface area contributed by atoms with Gasteiger partial charge < -0.3 is 19.0 Å². The number of fused-ring (bicyclic) bond motifs is 1. The lowest BCUT2D eigenvalue weighted by Gasteiger charge is -2.32. The van der Waals surface area contributed by atoms with Gasteiger partial charge in [-0.15, -0.1) is 0 Å². The molecular formula is C25H26N4O3. The summed E-state index contributed by atoms with van der Waals surface area (Å²) in [5.74, 6) is 2.70. The number of oxazole rings is 1. The number of hydrogen-bond donors (Lipinski definition) is 1. The Morgan fingerprint density at radius 2 is 2.00 bits per heavy atom. The molecule has 1 aliphatic rings. The van der Waals surface area contributed by atoms with Gasteiger partial charge in [0.1, 0.15) is 11.4 Å². The monoisotopic (exact) mass is 430 g/mol. The van der Waals surface area contributed by atoms with E-state index in [1.165, 1.54) is 10.9 Å². The number of carbonyl (C=O) groups is 1. The van der Waals surface area contributed by atoms with Gasteiger partial charge in [-0.2, -0.15) is 0 Å². The predicted molar refractivity (Wildman–Crippen MR) is 121 cm³/mol. The second-order valence-electron chi connectivity index (χ2n) is 8.15. The minimum absolute atomic E-state index is 0.160. The van der Waals surface area contributed by atoms with Gasteiger partial charge in [0.25, 0.3) is 0 Å². The molecule has 0 unspecified atom stereocenters. The molecule has 3 aromatic heterocycles. The molecular weight excluding hydrogens is 404 g/mol. The van der Waals surface area contributed by atoms with Gasteiger partial charge in [0.2, 0.25) is 5.91 Å². The van der Waals surface area contributed by atoms with Crippen LogP contribution in [0.2, 0.25) is 0 Å². The molecule has 1 saturated heterocycles. The summed E-state index contributed by atoms with van der Waals surface area (Å²) in [5.41, 5.74) is 3.18. The number of hydrogen-bond acceptors (Lipinski definition) is 5. The minimum atomic E-state index is 0.160. The number of piperidine rings is 1.